The summed E-state index contributed by atoms with van der Waals surface area (Å²) in [7, 11) is 0. The molecule has 0 saturated carbocycles. The highest BCUT2D eigenvalue weighted by molar-refractivity contribution is 7.15. The third-order valence-corrected chi connectivity index (χ3v) is 5.69. The highest BCUT2D eigenvalue weighted by Gasteiger charge is 2.23. The third-order valence-electron chi connectivity index (χ3n) is 4.93. The lowest BCUT2D eigenvalue weighted by Crippen LogP contribution is -2.52. The van der Waals surface area contributed by atoms with Crippen LogP contribution in [0.5, 0.6) is 0 Å². The van der Waals surface area contributed by atoms with Gasteiger partial charge in [-0.2, -0.15) is 0 Å². The van der Waals surface area contributed by atoms with E-state index in [0.29, 0.717) is 26.3 Å². The van der Waals surface area contributed by atoms with Gasteiger partial charge in [0.05, 0.1) is 25.5 Å². The molecule has 0 bridgehead atoms. The molecule has 0 radical (unpaired) electrons. The number of aromatic nitrogens is 2. The van der Waals surface area contributed by atoms with Crippen LogP contribution in [0.4, 0.5) is 0 Å². The Morgan fingerprint density at radius 2 is 1.88 bits per heavy atom. The maximum atomic E-state index is 12.5. The fourth-order valence-electron chi connectivity index (χ4n) is 3.40. The lowest BCUT2D eigenvalue weighted by Gasteiger charge is -2.36. The Bertz CT molecular complexity index is 821. The molecule has 0 aliphatic carbocycles. The summed E-state index contributed by atoms with van der Waals surface area (Å²) in [6.07, 6.45) is 1.75. The van der Waals surface area contributed by atoms with Gasteiger partial charge in [-0.3, -0.25) is 23.8 Å². The molecule has 0 spiro atoms. The smallest absolute Gasteiger partial charge is 0.258 e. The van der Waals surface area contributed by atoms with Crippen molar-refractivity contribution in [2.45, 2.75) is 6.54 Å². The first-order valence-corrected chi connectivity index (χ1v) is 9.83. The molecule has 1 amide bonds. The van der Waals surface area contributed by atoms with Gasteiger partial charge < -0.3 is 9.64 Å². The molecule has 9 heteroatoms. The lowest BCUT2D eigenvalue weighted by molar-refractivity contribution is -0.135. The molecule has 2 aromatic heterocycles. The van der Waals surface area contributed by atoms with E-state index in [1.165, 1.54) is 11.3 Å². The number of rotatable bonds is 4. The number of nitrogens with zero attached hydrogens (tertiary/aromatic N) is 5. The summed E-state index contributed by atoms with van der Waals surface area (Å²) in [6, 6.07) is 1.61. The first kappa shape index (κ1) is 17.6. The van der Waals surface area contributed by atoms with E-state index in [-0.39, 0.29) is 11.5 Å². The molecule has 4 heterocycles. The minimum absolute atomic E-state index is 0.0365. The van der Waals surface area contributed by atoms with Crippen molar-refractivity contribution in [2.24, 2.45) is 0 Å². The minimum Gasteiger partial charge on any atom is -0.379 e. The van der Waals surface area contributed by atoms with Gasteiger partial charge in [0.1, 0.15) is 0 Å². The SMILES string of the molecule is O=C(CN1CCOCC1)N1CCN(Cc2cc(=O)n3ccsc3n2)CC1. The van der Waals surface area contributed by atoms with Crippen LogP contribution in [0, 0.1) is 0 Å². The number of fused-ring (bicyclic) bond motifs is 1. The van der Waals surface area contributed by atoms with Crippen molar-refractivity contribution >= 4 is 22.2 Å². The number of hydrogen-bond donors (Lipinski definition) is 0. The van der Waals surface area contributed by atoms with E-state index in [2.05, 4.69) is 14.8 Å². The van der Waals surface area contributed by atoms with E-state index in [0.717, 1.165) is 49.9 Å². The summed E-state index contributed by atoms with van der Waals surface area (Å²) < 4.78 is 6.89. The third kappa shape index (κ3) is 3.96. The zero-order chi connectivity index (χ0) is 17.9. The van der Waals surface area contributed by atoms with Crippen molar-refractivity contribution in [2.75, 3.05) is 59.0 Å². The summed E-state index contributed by atoms with van der Waals surface area (Å²) in [4.78, 5) is 36.2. The first-order chi connectivity index (χ1) is 12.7. The van der Waals surface area contributed by atoms with Crippen molar-refractivity contribution in [1.82, 2.24) is 24.1 Å². The normalized spacial score (nSPS) is 19.9. The second-order valence-corrected chi connectivity index (χ2v) is 7.56. The molecule has 2 aliphatic rings. The van der Waals surface area contributed by atoms with Gasteiger partial charge in [0.2, 0.25) is 5.91 Å². The Morgan fingerprint density at radius 1 is 1.12 bits per heavy atom. The zero-order valence-electron chi connectivity index (χ0n) is 14.7. The topological polar surface area (TPSA) is 70.4 Å². The maximum absolute atomic E-state index is 12.5. The fourth-order valence-corrected chi connectivity index (χ4v) is 4.14. The van der Waals surface area contributed by atoms with Crippen molar-refractivity contribution in [3.8, 4) is 0 Å². The molecule has 8 nitrogen and oxygen atoms in total. The number of thiazole rings is 1. The number of morpholine rings is 1. The molecular formula is C17H23N5O3S. The van der Waals surface area contributed by atoms with Gasteiger partial charge in [0.25, 0.3) is 5.56 Å². The number of piperazine rings is 1. The van der Waals surface area contributed by atoms with Gasteiger partial charge in [-0.05, 0) is 0 Å². The monoisotopic (exact) mass is 377 g/mol. The summed E-state index contributed by atoms with van der Waals surface area (Å²) in [5.74, 6) is 0.197. The van der Waals surface area contributed by atoms with Gasteiger partial charge in [0.15, 0.2) is 4.96 Å². The summed E-state index contributed by atoms with van der Waals surface area (Å²) >= 11 is 1.47. The molecule has 0 aromatic carbocycles. The standard InChI is InChI=1S/C17H23N5O3S/c23-15-11-14(18-17-22(15)7-10-26-17)12-19-1-3-21(4-2-19)16(24)13-20-5-8-25-9-6-20/h7,10-11H,1-6,8-9,12-13H2. The van der Waals surface area contributed by atoms with Gasteiger partial charge in [-0.1, -0.05) is 0 Å². The highest BCUT2D eigenvalue weighted by atomic mass is 32.1. The van der Waals surface area contributed by atoms with Crippen LogP contribution in [0.1, 0.15) is 5.69 Å². The van der Waals surface area contributed by atoms with Gasteiger partial charge in [0, 0.05) is 63.5 Å². The van der Waals surface area contributed by atoms with E-state index in [4.69, 9.17) is 4.74 Å². The molecule has 26 heavy (non-hydrogen) atoms. The Labute approximate surface area is 155 Å². The van der Waals surface area contributed by atoms with Crippen molar-refractivity contribution < 1.29 is 9.53 Å². The molecule has 4 rings (SSSR count). The maximum Gasteiger partial charge on any atom is 0.258 e. The van der Waals surface area contributed by atoms with Gasteiger partial charge in [-0.25, -0.2) is 4.98 Å². The van der Waals surface area contributed by atoms with Crippen LogP contribution in [-0.2, 0) is 16.1 Å². The Morgan fingerprint density at radius 3 is 2.65 bits per heavy atom. The van der Waals surface area contributed by atoms with E-state index in [9.17, 15) is 9.59 Å². The average Bonchev–Trinajstić information content (AvgIpc) is 3.12. The van der Waals surface area contributed by atoms with Crippen LogP contribution in [-0.4, -0.2) is 89.0 Å². The summed E-state index contributed by atoms with van der Waals surface area (Å²) in [6.45, 7) is 7.28. The van der Waals surface area contributed by atoms with E-state index in [1.807, 2.05) is 10.3 Å². The minimum atomic E-state index is -0.0365. The van der Waals surface area contributed by atoms with Crippen molar-refractivity contribution in [3.63, 3.8) is 0 Å². The quantitative estimate of drug-likeness (QED) is 0.731. The number of carbonyl (C=O) groups is 1. The summed E-state index contributed by atoms with van der Waals surface area (Å²) in [5.41, 5.74) is 0.760. The van der Waals surface area contributed by atoms with Crippen molar-refractivity contribution in [1.29, 1.82) is 0 Å². The highest BCUT2D eigenvalue weighted by Crippen LogP contribution is 2.10. The number of amides is 1. The largest absolute Gasteiger partial charge is 0.379 e. The second kappa shape index (κ2) is 7.83. The predicted molar refractivity (Wildman–Crippen MR) is 98.5 cm³/mol. The first-order valence-electron chi connectivity index (χ1n) is 8.95. The molecule has 2 fully saturated rings. The van der Waals surface area contributed by atoms with Crippen LogP contribution in [0.25, 0.3) is 4.96 Å². The average molecular weight is 377 g/mol. The van der Waals surface area contributed by atoms with Crippen LogP contribution < -0.4 is 5.56 Å². The van der Waals surface area contributed by atoms with E-state index < -0.39 is 0 Å². The second-order valence-electron chi connectivity index (χ2n) is 6.69. The van der Waals surface area contributed by atoms with E-state index in [1.54, 1.807) is 16.7 Å². The van der Waals surface area contributed by atoms with Crippen molar-refractivity contribution in [3.05, 3.63) is 33.7 Å². The molecule has 0 atom stereocenters. The Hall–Kier alpha value is -1.81. The fraction of sp³-hybridized carbons (Fsp3) is 0.588. The molecule has 140 valence electrons. The molecular weight excluding hydrogens is 354 g/mol. The molecule has 0 unspecified atom stereocenters. The predicted octanol–water partition coefficient (Wildman–Crippen LogP) is -0.268. The Balaban J connectivity index is 1.30. The number of ether oxygens (including phenoxy) is 1. The molecule has 2 saturated heterocycles. The van der Waals surface area contributed by atoms with Crippen LogP contribution in [0.3, 0.4) is 0 Å². The van der Waals surface area contributed by atoms with Gasteiger partial charge >= 0.3 is 0 Å². The number of hydrogen-bond acceptors (Lipinski definition) is 7. The van der Waals surface area contributed by atoms with Crippen LogP contribution >= 0.6 is 11.3 Å². The number of carbonyl (C=O) groups excluding carboxylic acids is 1. The molecule has 2 aromatic rings. The zero-order valence-corrected chi connectivity index (χ0v) is 15.5. The molecule has 0 N–H and O–H groups in total. The lowest BCUT2D eigenvalue weighted by atomic mass is 10.2. The van der Waals surface area contributed by atoms with Crippen LogP contribution in [0.2, 0.25) is 0 Å². The summed E-state index contributed by atoms with van der Waals surface area (Å²) in [5, 5.41) is 1.87. The molecule has 2 aliphatic heterocycles. The Kier molecular flexibility index (Phi) is 5.30. The van der Waals surface area contributed by atoms with E-state index >= 15 is 0 Å². The van der Waals surface area contributed by atoms with Gasteiger partial charge in [-0.15, -0.1) is 11.3 Å². The van der Waals surface area contributed by atoms with Crippen LogP contribution in [0.15, 0.2) is 22.4 Å².